The summed E-state index contributed by atoms with van der Waals surface area (Å²) in [5.74, 6) is -0.130. The lowest BCUT2D eigenvalue weighted by molar-refractivity contribution is 0.0527. The Labute approximate surface area is 121 Å². The zero-order valence-electron chi connectivity index (χ0n) is 11.6. The van der Waals surface area contributed by atoms with Crippen LogP contribution in [0.1, 0.15) is 22.8 Å². The summed E-state index contributed by atoms with van der Waals surface area (Å²) in [6, 6.07) is 9.35. The van der Waals surface area contributed by atoms with E-state index in [9.17, 15) is 9.18 Å². The van der Waals surface area contributed by atoms with E-state index in [0.717, 1.165) is 5.56 Å². The summed E-state index contributed by atoms with van der Waals surface area (Å²) in [6.45, 7) is 2.48. The molecule has 2 rings (SSSR count). The van der Waals surface area contributed by atoms with Gasteiger partial charge < -0.3 is 15.8 Å². The van der Waals surface area contributed by atoms with Crippen LogP contribution in [-0.4, -0.2) is 17.6 Å². The SMILES string of the molecule is CCOC(=O)c1ccc(NCc2ccc(F)cc2)nc1N. The minimum absolute atomic E-state index is 0.109. The number of anilines is 2. The summed E-state index contributed by atoms with van der Waals surface area (Å²) in [5.41, 5.74) is 6.89. The summed E-state index contributed by atoms with van der Waals surface area (Å²) < 4.78 is 17.7. The van der Waals surface area contributed by atoms with Crippen molar-refractivity contribution in [1.29, 1.82) is 0 Å². The highest BCUT2D eigenvalue weighted by Gasteiger charge is 2.12. The Hall–Kier alpha value is -2.63. The third-order valence-corrected chi connectivity index (χ3v) is 2.81. The molecular weight excluding hydrogens is 273 g/mol. The standard InChI is InChI=1S/C15H16FN3O2/c1-2-21-15(20)12-7-8-13(19-14(12)17)18-9-10-3-5-11(16)6-4-10/h3-8H,2,9H2,1H3,(H3,17,18,19). The van der Waals surface area contributed by atoms with Crippen LogP contribution < -0.4 is 11.1 Å². The third kappa shape index (κ3) is 3.92. The molecule has 0 unspecified atom stereocenters. The van der Waals surface area contributed by atoms with Crippen molar-refractivity contribution in [1.82, 2.24) is 4.98 Å². The van der Waals surface area contributed by atoms with Gasteiger partial charge in [-0.2, -0.15) is 0 Å². The zero-order valence-corrected chi connectivity index (χ0v) is 11.6. The van der Waals surface area contributed by atoms with Gasteiger partial charge in [0.25, 0.3) is 0 Å². The molecule has 0 aliphatic carbocycles. The molecule has 0 amide bonds. The lowest BCUT2D eigenvalue weighted by Crippen LogP contribution is -2.11. The van der Waals surface area contributed by atoms with Crippen LogP contribution in [0.5, 0.6) is 0 Å². The van der Waals surface area contributed by atoms with E-state index in [2.05, 4.69) is 10.3 Å². The van der Waals surface area contributed by atoms with Crippen molar-refractivity contribution in [3.63, 3.8) is 0 Å². The Balaban J connectivity index is 2.03. The van der Waals surface area contributed by atoms with Crippen LogP contribution >= 0.6 is 0 Å². The van der Waals surface area contributed by atoms with E-state index in [4.69, 9.17) is 10.5 Å². The van der Waals surface area contributed by atoms with Crippen LogP contribution in [0.3, 0.4) is 0 Å². The van der Waals surface area contributed by atoms with Gasteiger partial charge >= 0.3 is 5.97 Å². The molecule has 0 bridgehead atoms. The molecule has 0 aliphatic rings. The Bertz CT molecular complexity index is 629. The maximum atomic E-state index is 12.8. The second-order valence-corrected chi connectivity index (χ2v) is 4.33. The Morgan fingerprint density at radius 1 is 1.29 bits per heavy atom. The molecule has 110 valence electrons. The number of ether oxygens (including phenoxy) is 1. The first-order valence-corrected chi connectivity index (χ1v) is 6.52. The summed E-state index contributed by atoms with van der Waals surface area (Å²) in [5, 5.41) is 3.05. The van der Waals surface area contributed by atoms with E-state index < -0.39 is 5.97 Å². The highest BCUT2D eigenvalue weighted by Crippen LogP contribution is 2.15. The maximum Gasteiger partial charge on any atom is 0.341 e. The number of pyridine rings is 1. The Morgan fingerprint density at radius 2 is 2.00 bits per heavy atom. The van der Waals surface area contributed by atoms with Crippen molar-refractivity contribution < 1.29 is 13.9 Å². The first-order chi connectivity index (χ1) is 10.1. The molecule has 3 N–H and O–H groups in total. The number of hydrogen-bond acceptors (Lipinski definition) is 5. The fraction of sp³-hybridized carbons (Fsp3) is 0.200. The van der Waals surface area contributed by atoms with Crippen molar-refractivity contribution in [3.05, 3.63) is 53.3 Å². The van der Waals surface area contributed by atoms with Gasteiger partial charge in [-0.1, -0.05) is 12.1 Å². The van der Waals surface area contributed by atoms with Gasteiger partial charge in [-0.15, -0.1) is 0 Å². The number of carbonyl (C=O) groups is 1. The van der Waals surface area contributed by atoms with Crippen LogP contribution in [0, 0.1) is 5.82 Å². The van der Waals surface area contributed by atoms with Crippen LogP contribution in [0.2, 0.25) is 0 Å². The van der Waals surface area contributed by atoms with Crippen LogP contribution in [0.15, 0.2) is 36.4 Å². The smallest absolute Gasteiger partial charge is 0.341 e. The molecule has 2 aromatic rings. The maximum absolute atomic E-state index is 12.8. The van der Waals surface area contributed by atoms with E-state index in [0.29, 0.717) is 12.4 Å². The molecule has 0 saturated heterocycles. The second-order valence-electron chi connectivity index (χ2n) is 4.33. The minimum Gasteiger partial charge on any atom is -0.462 e. The number of hydrogen-bond donors (Lipinski definition) is 2. The lowest BCUT2D eigenvalue weighted by atomic mass is 10.2. The van der Waals surface area contributed by atoms with Crippen molar-refractivity contribution in [2.24, 2.45) is 0 Å². The fourth-order valence-electron chi connectivity index (χ4n) is 1.75. The molecule has 0 aliphatic heterocycles. The van der Waals surface area contributed by atoms with E-state index in [1.165, 1.54) is 12.1 Å². The van der Waals surface area contributed by atoms with Crippen molar-refractivity contribution in [2.75, 3.05) is 17.7 Å². The summed E-state index contributed by atoms with van der Waals surface area (Å²) in [4.78, 5) is 15.7. The predicted molar refractivity (Wildman–Crippen MR) is 78.3 cm³/mol. The van der Waals surface area contributed by atoms with Gasteiger partial charge in [-0.25, -0.2) is 14.2 Å². The topological polar surface area (TPSA) is 77.2 Å². The Kier molecular flexibility index (Phi) is 4.71. The van der Waals surface area contributed by atoms with Crippen LogP contribution in [0.4, 0.5) is 16.0 Å². The normalized spacial score (nSPS) is 10.2. The third-order valence-electron chi connectivity index (χ3n) is 2.81. The van der Waals surface area contributed by atoms with Crippen LogP contribution in [-0.2, 0) is 11.3 Å². The van der Waals surface area contributed by atoms with Crippen molar-refractivity contribution in [3.8, 4) is 0 Å². The number of carbonyl (C=O) groups excluding carboxylic acids is 1. The first kappa shape index (κ1) is 14.8. The van der Waals surface area contributed by atoms with Gasteiger partial charge in [0.15, 0.2) is 0 Å². The molecule has 21 heavy (non-hydrogen) atoms. The van der Waals surface area contributed by atoms with Gasteiger partial charge in [-0.3, -0.25) is 0 Å². The molecule has 0 atom stereocenters. The van der Waals surface area contributed by atoms with Gasteiger partial charge in [0.1, 0.15) is 23.0 Å². The molecule has 1 heterocycles. The number of benzene rings is 1. The fourth-order valence-corrected chi connectivity index (χ4v) is 1.75. The molecule has 6 heteroatoms. The predicted octanol–water partition coefficient (Wildman–Crippen LogP) is 2.59. The molecule has 0 fully saturated rings. The summed E-state index contributed by atoms with van der Waals surface area (Å²) >= 11 is 0. The zero-order chi connectivity index (χ0) is 15.2. The average molecular weight is 289 g/mol. The largest absolute Gasteiger partial charge is 0.462 e. The molecule has 0 radical (unpaired) electrons. The van der Waals surface area contributed by atoms with Gasteiger partial charge in [0.05, 0.1) is 6.61 Å². The second kappa shape index (κ2) is 6.69. The van der Waals surface area contributed by atoms with Gasteiger partial charge in [0.2, 0.25) is 0 Å². The Morgan fingerprint density at radius 3 is 2.62 bits per heavy atom. The minimum atomic E-state index is -0.493. The van der Waals surface area contributed by atoms with Gasteiger partial charge in [0, 0.05) is 6.54 Å². The first-order valence-electron chi connectivity index (χ1n) is 6.52. The summed E-state index contributed by atoms with van der Waals surface area (Å²) in [7, 11) is 0. The number of halogens is 1. The highest BCUT2D eigenvalue weighted by atomic mass is 19.1. The number of nitrogens with two attached hydrogens (primary N) is 1. The van der Waals surface area contributed by atoms with Crippen LogP contribution in [0.25, 0.3) is 0 Å². The number of aromatic nitrogens is 1. The van der Waals surface area contributed by atoms with E-state index >= 15 is 0 Å². The molecule has 0 spiro atoms. The molecule has 1 aromatic heterocycles. The number of nitrogen functional groups attached to an aromatic ring is 1. The molecule has 0 saturated carbocycles. The number of nitrogens with one attached hydrogen (secondary N) is 1. The monoisotopic (exact) mass is 289 g/mol. The van der Waals surface area contributed by atoms with E-state index in [-0.39, 0.29) is 23.8 Å². The average Bonchev–Trinajstić information content (AvgIpc) is 2.47. The molecule has 1 aromatic carbocycles. The number of nitrogens with zero attached hydrogens (tertiary/aromatic N) is 1. The number of esters is 1. The molecular formula is C15H16FN3O2. The van der Waals surface area contributed by atoms with Crippen molar-refractivity contribution in [2.45, 2.75) is 13.5 Å². The van der Waals surface area contributed by atoms with Crippen molar-refractivity contribution >= 4 is 17.6 Å². The quantitative estimate of drug-likeness (QED) is 0.827. The van der Waals surface area contributed by atoms with E-state index in [1.807, 2.05) is 0 Å². The van der Waals surface area contributed by atoms with Gasteiger partial charge in [-0.05, 0) is 36.8 Å². The lowest BCUT2D eigenvalue weighted by Gasteiger charge is -2.09. The summed E-state index contributed by atoms with van der Waals surface area (Å²) in [6.07, 6.45) is 0. The highest BCUT2D eigenvalue weighted by molar-refractivity contribution is 5.94. The van der Waals surface area contributed by atoms with E-state index in [1.54, 1.807) is 31.2 Å². The molecule has 5 nitrogen and oxygen atoms in total. The number of rotatable bonds is 5.